The van der Waals surface area contributed by atoms with E-state index in [2.05, 4.69) is 9.97 Å². The van der Waals surface area contributed by atoms with Crippen molar-refractivity contribution in [1.29, 1.82) is 0 Å². The maximum Gasteiger partial charge on any atom is 0.303 e. The van der Waals surface area contributed by atoms with Gasteiger partial charge < -0.3 is 14.8 Å². The fourth-order valence-corrected chi connectivity index (χ4v) is 2.18. The first-order valence-electron chi connectivity index (χ1n) is 5.93. The summed E-state index contributed by atoms with van der Waals surface area (Å²) in [5, 5.41) is 8.69. The lowest BCUT2D eigenvalue weighted by Gasteiger charge is -1.99. The summed E-state index contributed by atoms with van der Waals surface area (Å²) in [5.74, 6) is 0.611. The van der Waals surface area contributed by atoms with Crippen LogP contribution in [0.2, 0.25) is 0 Å². The summed E-state index contributed by atoms with van der Waals surface area (Å²) < 4.78 is 7.18. The molecule has 98 valence electrons. The molecule has 0 saturated carbocycles. The van der Waals surface area contributed by atoms with Crippen molar-refractivity contribution in [2.45, 2.75) is 12.8 Å². The van der Waals surface area contributed by atoms with E-state index in [0.717, 1.165) is 22.5 Å². The zero-order valence-corrected chi connectivity index (χ0v) is 10.4. The van der Waals surface area contributed by atoms with E-state index < -0.39 is 5.97 Å². The van der Waals surface area contributed by atoms with Crippen LogP contribution in [0.15, 0.2) is 24.4 Å². The van der Waals surface area contributed by atoms with Crippen LogP contribution in [0.5, 0.6) is 5.75 Å². The number of aromatic amines is 1. The van der Waals surface area contributed by atoms with Gasteiger partial charge in [-0.3, -0.25) is 9.20 Å². The smallest absolute Gasteiger partial charge is 0.303 e. The van der Waals surface area contributed by atoms with E-state index in [1.807, 2.05) is 28.8 Å². The number of hydrogen-bond donors (Lipinski definition) is 2. The molecule has 0 aliphatic carbocycles. The van der Waals surface area contributed by atoms with E-state index in [0.29, 0.717) is 12.2 Å². The number of carboxylic acids is 1. The molecule has 2 N–H and O–H groups in total. The zero-order chi connectivity index (χ0) is 13.4. The summed E-state index contributed by atoms with van der Waals surface area (Å²) >= 11 is 0. The Morgan fingerprint density at radius 1 is 1.53 bits per heavy atom. The molecule has 0 unspecified atom stereocenters. The van der Waals surface area contributed by atoms with Crippen molar-refractivity contribution < 1.29 is 14.6 Å². The van der Waals surface area contributed by atoms with Gasteiger partial charge >= 0.3 is 5.97 Å². The Hall–Kier alpha value is -2.50. The van der Waals surface area contributed by atoms with E-state index in [4.69, 9.17) is 9.84 Å². The molecule has 0 radical (unpaired) electrons. The number of para-hydroxylation sites is 1. The fourth-order valence-electron chi connectivity index (χ4n) is 2.18. The highest BCUT2D eigenvalue weighted by atomic mass is 16.5. The number of benzene rings is 1. The first-order chi connectivity index (χ1) is 9.19. The third-order valence-electron chi connectivity index (χ3n) is 3.07. The number of carbonyl (C=O) groups is 1. The first kappa shape index (κ1) is 11.6. The molecule has 0 aliphatic rings. The van der Waals surface area contributed by atoms with Gasteiger partial charge in [0.25, 0.3) is 0 Å². The van der Waals surface area contributed by atoms with Crippen LogP contribution in [0.1, 0.15) is 12.1 Å². The number of methoxy groups -OCH3 is 1. The molecule has 2 heterocycles. The molecule has 0 amide bonds. The number of ether oxygens (including phenoxy) is 1. The Morgan fingerprint density at radius 3 is 3.11 bits per heavy atom. The van der Waals surface area contributed by atoms with Gasteiger partial charge in [0.1, 0.15) is 11.3 Å². The van der Waals surface area contributed by atoms with E-state index in [1.54, 1.807) is 7.11 Å². The van der Waals surface area contributed by atoms with Crippen LogP contribution in [-0.4, -0.2) is 32.6 Å². The summed E-state index contributed by atoms with van der Waals surface area (Å²) in [7, 11) is 1.61. The summed E-state index contributed by atoms with van der Waals surface area (Å²) in [6, 6.07) is 5.71. The predicted molar refractivity (Wildman–Crippen MR) is 69.6 cm³/mol. The largest absolute Gasteiger partial charge is 0.494 e. The second kappa shape index (κ2) is 4.31. The number of fused-ring (bicyclic) bond motifs is 3. The Morgan fingerprint density at radius 2 is 2.37 bits per heavy atom. The summed E-state index contributed by atoms with van der Waals surface area (Å²) in [5.41, 5.74) is 2.59. The number of rotatable bonds is 4. The van der Waals surface area contributed by atoms with Crippen molar-refractivity contribution in [2.75, 3.05) is 7.11 Å². The second-order valence-corrected chi connectivity index (χ2v) is 4.31. The van der Waals surface area contributed by atoms with Gasteiger partial charge in [-0.2, -0.15) is 0 Å². The van der Waals surface area contributed by atoms with Crippen LogP contribution >= 0.6 is 0 Å². The summed E-state index contributed by atoms with van der Waals surface area (Å²) in [6.07, 6.45) is 2.45. The molecule has 6 heteroatoms. The molecule has 3 rings (SSSR count). The third kappa shape index (κ3) is 1.91. The topological polar surface area (TPSA) is 79.6 Å². The number of carboxylic acid groups (broad SMARTS) is 1. The first-order valence-corrected chi connectivity index (χ1v) is 5.93. The molecular weight excluding hydrogens is 246 g/mol. The van der Waals surface area contributed by atoms with Crippen molar-refractivity contribution in [1.82, 2.24) is 14.4 Å². The molecule has 6 nitrogen and oxygen atoms in total. The van der Waals surface area contributed by atoms with Crippen LogP contribution in [0.4, 0.5) is 0 Å². The highest BCUT2D eigenvalue weighted by Crippen LogP contribution is 2.25. The van der Waals surface area contributed by atoms with Gasteiger partial charge in [0.05, 0.1) is 19.0 Å². The number of aliphatic carboxylic acids is 1. The Kier molecular flexibility index (Phi) is 2.63. The van der Waals surface area contributed by atoms with Crippen LogP contribution < -0.4 is 4.74 Å². The number of aryl methyl sites for hydroxylation is 1. The standard InChI is InChI=1S/C13H13N3O3/c1-19-10-4-2-3-9-12(10)15-13-14-8(7-16(9)13)5-6-11(17)18/h2-4,7H,5-6H2,1H3,(H,14,15)(H,17,18). The van der Waals surface area contributed by atoms with Crippen LogP contribution in [0.3, 0.4) is 0 Å². The van der Waals surface area contributed by atoms with Crippen molar-refractivity contribution in [3.8, 4) is 5.75 Å². The Labute approximate surface area is 108 Å². The quantitative estimate of drug-likeness (QED) is 0.749. The lowest BCUT2D eigenvalue weighted by Crippen LogP contribution is -1.97. The molecule has 19 heavy (non-hydrogen) atoms. The van der Waals surface area contributed by atoms with Crippen molar-refractivity contribution in [3.05, 3.63) is 30.1 Å². The minimum Gasteiger partial charge on any atom is -0.494 e. The molecule has 2 aromatic heterocycles. The average Bonchev–Trinajstić information content (AvgIpc) is 2.93. The lowest BCUT2D eigenvalue weighted by atomic mass is 10.2. The number of aromatic nitrogens is 3. The molecule has 0 fully saturated rings. The molecule has 3 aromatic rings. The highest BCUT2D eigenvalue weighted by Gasteiger charge is 2.11. The van der Waals surface area contributed by atoms with E-state index in [1.165, 1.54) is 0 Å². The van der Waals surface area contributed by atoms with E-state index >= 15 is 0 Å². The molecule has 0 aliphatic heterocycles. The number of nitrogens with zero attached hydrogens (tertiary/aromatic N) is 2. The Balaban J connectivity index is 2.07. The van der Waals surface area contributed by atoms with Crippen molar-refractivity contribution in [2.24, 2.45) is 0 Å². The number of imidazole rings is 2. The normalized spacial score (nSPS) is 11.2. The number of nitrogens with one attached hydrogen (secondary N) is 1. The predicted octanol–water partition coefficient (Wildman–Crippen LogP) is 1.84. The molecule has 0 atom stereocenters. The summed E-state index contributed by atoms with van der Waals surface area (Å²) in [6.45, 7) is 0. The van der Waals surface area contributed by atoms with Crippen LogP contribution in [0.25, 0.3) is 16.8 Å². The maximum atomic E-state index is 10.6. The maximum absolute atomic E-state index is 10.6. The summed E-state index contributed by atoms with van der Waals surface area (Å²) in [4.78, 5) is 18.2. The van der Waals surface area contributed by atoms with Crippen molar-refractivity contribution >= 4 is 22.8 Å². The van der Waals surface area contributed by atoms with Gasteiger partial charge in [-0.1, -0.05) is 6.07 Å². The second-order valence-electron chi connectivity index (χ2n) is 4.31. The molecule has 0 spiro atoms. The SMILES string of the molecule is COc1cccc2c1nc1[nH]c(CCC(=O)O)cn12. The lowest BCUT2D eigenvalue weighted by molar-refractivity contribution is -0.136. The van der Waals surface area contributed by atoms with Crippen LogP contribution in [0, 0.1) is 0 Å². The van der Waals surface area contributed by atoms with Gasteiger partial charge in [-0.05, 0) is 18.6 Å². The number of H-pyrrole nitrogens is 1. The van der Waals surface area contributed by atoms with Gasteiger partial charge in [-0.25, -0.2) is 4.98 Å². The molecular formula is C13H13N3O3. The average molecular weight is 259 g/mol. The van der Waals surface area contributed by atoms with E-state index in [-0.39, 0.29) is 6.42 Å². The van der Waals surface area contributed by atoms with Gasteiger partial charge in [0, 0.05) is 11.9 Å². The zero-order valence-electron chi connectivity index (χ0n) is 10.4. The minimum atomic E-state index is -0.807. The highest BCUT2D eigenvalue weighted by molar-refractivity contribution is 5.85. The van der Waals surface area contributed by atoms with Gasteiger partial charge in [-0.15, -0.1) is 0 Å². The fraction of sp³-hybridized carbons (Fsp3) is 0.231. The third-order valence-corrected chi connectivity index (χ3v) is 3.07. The van der Waals surface area contributed by atoms with Crippen molar-refractivity contribution in [3.63, 3.8) is 0 Å². The monoisotopic (exact) mass is 259 g/mol. The van der Waals surface area contributed by atoms with Crippen LogP contribution in [-0.2, 0) is 11.2 Å². The van der Waals surface area contributed by atoms with Gasteiger partial charge in [0.2, 0.25) is 5.78 Å². The number of hydrogen-bond acceptors (Lipinski definition) is 3. The Bertz CT molecular complexity index is 757. The van der Waals surface area contributed by atoms with E-state index in [9.17, 15) is 4.79 Å². The minimum absolute atomic E-state index is 0.102. The molecule has 1 aromatic carbocycles. The van der Waals surface area contributed by atoms with Gasteiger partial charge in [0.15, 0.2) is 0 Å². The molecule has 0 saturated heterocycles. The molecule has 0 bridgehead atoms.